The molecule has 1 unspecified atom stereocenters. The number of aromatic nitrogens is 3. The number of likely N-dealkylation sites (tertiary alicyclic amines) is 1. The molecule has 0 aromatic carbocycles. The molecular formula is C17H24N4O2S. The quantitative estimate of drug-likeness (QED) is 0.666. The van der Waals surface area contributed by atoms with Crippen LogP contribution in [-0.4, -0.2) is 44.2 Å². The van der Waals surface area contributed by atoms with E-state index in [1.165, 1.54) is 11.8 Å². The van der Waals surface area contributed by atoms with E-state index >= 15 is 0 Å². The van der Waals surface area contributed by atoms with E-state index in [4.69, 9.17) is 0 Å². The van der Waals surface area contributed by atoms with Gasteiger partial charge in [0.1, 0.15) is 5.52 Å². The van der Waals surface area contributed by atoms with Crippen molar-refractivity contribution >= 4 is 28.7 Å². The van der Waals surface area contributed by atoms with Gasteiger partial charge in [0.2, 0.25) is 5.91 Å². The highest BCUT2D eigenvalue weighted by Crippen LogP contribution is 2.23. The van der Waals surface area contributed by atoms with Crippen molar-refractivity contribution < 1.29 is 4.79 Å². The molecule has 1 aliphatic heterocycles. The van der Waals surface area contributed by atoms with Crippen molar-refractivity contribution in [3.8, 4) is 0 Å². The molecule has 1 saturated heterocycles. The van der Waals surface area contributed by atoms with Crippen LogP contribution in [0, 0.1) is 6.92 Å². The van der Waals surface area contributed by atoms with Gasteiger partial charge in [0.15, 0.2) is 5.16 Å². The third-order valence-corrected chi connectivity index (χ3v) is 5.54. The van der Waals surface area contributed by atoms with Crippen molar-refractivity contribution in [1.82, 2.24) is 19.4 Å². The second-order valence-corrected chi connectivity index (χ2v) is 7.36. The van der Waals surface area contributed by atoms with E-state index in [2.05, 4.69) is 9.97 Å². The van der Waals surface area contributed by atoms with Crippen LogP contribution in [0.3, 0.4) is 0 Å². The molecule has 1 fully saturated rings. The molecule has 0 spiro atoms. The number of amides is 1. The van der Waals surface area contributed by atoms with Gasteiger partial charge in [-0.3, -0.25) is 14.2 Å². The lowest BCUT2D eigenvalue weighted by Crippen LogP contribution is -2.30. The van der Waals surface area contributed by atoms with Crippen LogP contribution in [0.4, 0.5) is 0 Å². The van der Waals surface area contributed by atoms with Crippen LogP contribution in [0.15, 0.2) is 16.0 Å². The van der Waals surface area contributed by atoms with Gasteiger partial charge in [-0.05, 0) is 39.2 Å². The van der Waals surface area contributed by atoms with Crippen LogP contribution in [0.25, 0.3) is 11.0 Å². The number of hydrogen-bond acceptors (Lipinski definition) is 4. The molecule has 0 aliphatic carbocycles. The first-order chi connectivity index (χ1) is 11.5. The number of rotatable bonds is 5. The highest BCUT2D eigenvalue weighted by molar-refractivity contribution is 7.99. The Morgan fingerprint density at radius 2 is 2.12 bits per heavy atom. The summed E-state index contributed by atoms with van der Waals surface area (Å²) >= 11 is 1.37. The molecule has 0 bridgehead atoms. The molecule has 24 heavy (non-hydrogen) atoms. The van der Waals surface area contributed by atoms with Crippen LogP contribution in [0.2, 0.25) is 0 Å². The molecule has 7 heteroatoms. The summed E-state index contributed by atoms with van der Waals surface area (Å²) in [5, 5.41) is 0.633. The highest BCUT2D eigenvalue weighted by Gasteiger charge is 2.21. The second-order valence-electron chi connectivity index (χ2n) is 6.42. The summed E-state index contributed by atoms with van der Waals surface area (Å²) in [6.07, 6.45) is 3.00. The molecule has 1 atom stereocenters. The number of hydrogen-bond donors (Lipinski definition) is 1. The molecule has 0 radical (unpaired) electrons. The largest absolute Gasteiger partial charge is 0.353 e. The number of nitrogens with one attached hydrogen (secondary N) is 1. The molecule has 1 amide bonds. The van der Waals surface area contributed by atoms with Gasteiger partial charge in [0.25, 0.3) is 5.56 Å². The van der Waals surface area contributed by atoms with Gasteiger partial charge in [-0.2, -0.15) is 0 Å². The van der Waals surface area contributed by atoms with E-state index in [1.807, 2.05) is 31.7 Å². The van der Waals surface area contributed by atoms with Crippen LogP contribution in [-0.2, 0) is 4.79 Å². The number of carbonyl (C=O) groups excluding carboxylic acids is 1. The van der Waals surface area contributed by atoms with Gasteiger partial charge in [-0.25, -0.2) is 4.98 Å². The predicted octanol–water partition coefficient (Wildman–Crippen LogP) is 2.72. The maximum absolute atomic E-state index is 12.8. The lowest BCUT2D eigenvalue weighted by molar-refractivity contribution is -0.127. The van der Waals surface area contributed by atoms with Gasteiger partial charge in [0.05, 0.1) is 11.3 Å². The Balaban J connectivity index is 1.92. The predicted molar refractivity (Wildman–Crippen MR) is 96.6 cm³/mol. The van der Waals surface area contributed by atoms with Crippen molar-refractivity contribution in [1.29, 1.82) is 0 Å². The first kappa shape index (κ1) is 17.1. The maximum atomic E-state index is 12.8. The Labute approximate surface area is 145 Å². The Morgan fingerprint density at radius 3 is 2.79 bits per heavy atom. The lowest BCUT2D eigenvalue weighted by atomic mass is 10.2. The normalized spacial score (nSPS) is 16.0. The molecule has 1 aliphatic rings. The fraction of sp³-hybridized carbons (Fsp3) is 0.588. The molecule has 6 nitrogen and oxygen atoms in total. The van der Waals surface area contributed by atoms with E-state index in [0.29, 0.717) is 21.9 Å². The van der Waals surface area contributed by atoms with Crippen LogP contribution in [0.5, 0.6) is 0 Å². The zero-order valence-corrected chi connectivity index (χ0v) is 15.3. The summed E-state index contributed by atoms with van der Waals surface area (Å²) in [7, 11) is 0. The van der Waals surface area contributed by atoms with Gasteiger partial charge in [-0.1, -0.05) is 18.7 Å². The fourth-order valence-electron chi connectivity index (χ4n) is 3.05. The minimum absolute atomic E-state index is 0.0439. The summed E-state index contributed by atoms with van der Waals surface area (Å²) in [6.45, 7) is 7.67. The molecule has 1 N–H and O–H groups in total. The lowest BCUT2D eigenvalue weighted by Gasteiger charge is -2.18. The first-order valence-electron chi connectivity index (χ1n) is 8.53. The molecule has 3 heterocycles. The minimum Gasteiger partial charge on any atom is -0.353 e. The Kier molecular flexibility index (Phi) is 4.99. The van der Waals surface area contributed by atoms with Crippen LogP contribution in [0.1, 0.15) is 44.8 Å². The SMILES string of the molecule is CCC(C)n1c(SCC(=O)N2CCCC2)nc2cc(C)[nH]c2c1=O. The van der Waals surface area contributed by atoms with Crippen molar-refractivity contribution in [2.45, 2.75) is 51.2 Å². The van der Waals surface area contributed by atoms with Gasteiger partial charge < -0.3 is 9.88 Å². The van der Waals surface area contributed by atoms with Gasteiger partial charge in [0, 0.05) is 24.8 Å². The van der Waals surface area contributed by atoms with Crippen molar-refractivity contribution in [2.75, 3.05) is 18.8 Å². The number of H-pyrrole nitrogens is 1. The molecule has 2 aromatic rings. The summed E-state index contributed by atoms with van der Waals surface area (Å²) < 4.78 is 1.72. The van der Waals surface area contributed by atoms with E-state index in [1.54, 1.807) is 4.57 Å². The van der Waals surface area contributed by atoms with Crippen molar-refractivity contribution in [3.63, 3.8) is 0 Å². The highest BCUT2D eigenvalue weighted by atomic mass is 32.2. The fourth-order valence-corrected chi connectivity index (χ4v) is 4.05. The van der Waals surface area contributed by atoms with E-state index in [9.17, 15) is 9.59 Å². The maximum Gasteiger partial charge on any atom is 0.278 e. The first-order valence-corrected chi connectivity index (χ1v) is 9.52. The standard InChI is InChI=1S/C17H24N4O2S/c1-4-12(3)21-16(23)15-13(9-11(2)18-15)19-17(21)24-10-14(22)20-7-5-6-8-20/h9,12,18H,4-8,10H2,1-3H3. The molecule has 3 rings (SSSR count). The Bertz CT molecular complexity index is 805. The third-order valence-electron chi connectivity index (χ3n) is 4.60. The molecular weight excluding hydrogens is 324 g/mol. The second kappa shape index (κ2) is 7.01. The number of carbonyl (C=O) groups is 1. The average molecular weight is 348 g/mol. The van der Waals surface area contributed by atoms with Crippen molar-refractivity contribution in [3.05, 3.63) is 22.1 Å². The van der Waals surface area contributed by atoms with E-state index in [-0.39, 0.29) is 17.5 Å². The molecule has 130 valence electrons. The number of fused-ring (bicyclic) bond motifs is 1. The van der Waals surface area contributed by atoms with E-state index < -0.39 is 0 Å². The Morgan fingerprint density at radius 1 is 1.42 bits per heavy atom. The van der Waals surface area contributed by atoms with Crippen LogP contribution >= 0.6 is 11.8 Å². The summed E-state index contributed by atoms with van der Waals surface area (Å²) in [6, 6.07) is 1.92. The average Bonchev–Trinajstić information content (AvgIpc) is 3.21. The number of aryl methyl sites for hydroxylation is 1. The smallest absolute Gasteiger partial charge is 0.278 e. The minimum atomic E-state index is -0.0569. The molecule has 2 aromatic heterocycles. The van der Waals surface area contributed by atoms with Gasteiger partial charge >= 0.3 is 0 Å². The summed E-state index contributed by atoms with van der Waals surface area (Å²) in [5.41, 5.74) is 2.08. The Hall–Kier alpha value is -1.76. The number of aromatic amines is 1. The van der Waals surface area contributed by atoms with Crippen molar-refractivity contribution in [2.24, 2.45) is 0 Å². The summed E-state index contributed by atoms with van der Waals surface area (Å²) in [5.74, 6) is 0.463. The van der Waals surface area contributed by atoms with E-state index in [0.717, 1.165) is 38.0 Å². The topological polar surface area (TPSA) is 71.0 Å². The zero-order valence-electron chi connectivity index (χ0n) is 14.5. The monoisotopic (exact) mass is 348 g/mol. The zero-order chi connectivity index (χ0) is 17.3. The molecule has 0 saturated carbocycles. The number of nitrogens with zero attached hydrogens (tertiary/aromatic N) is 3. The van der Waals surface area contributed by atoms with Gasteiger partial charge in [-0.15, -0.1) is 0 Å². The van der Waals surface area contributed by atoms with Crippen LogP contribution < -0.4 is 5.56 Å². The number of thioether (sulfide) groups is 1. The third kappa shape index (κ3) is 3.22. The summed E-state index contributed by atoms with van der Waals surface area (Å²) in [4.78, 5) is 34.8.